The van der Waals surface area contributed by atoms with E-state index in [1.54, 1.807) is 12.1 Å². The van der Waals surface area contributed by atoms with Crippen LogP contribution in [0.3, 0.4) is 0 Å². The Labute approximate surface area is 129 Å². The van der Waals surface area contributed by atoms with Gasteiger partial charge in [-0.1, -0.05) is 0 Å². The van der Waals surface area contributed by atoms with Crippen LogP contribution in [0.2, 0.25) is 0 Å². The summed E-state index contributed by atoms with van der Waals surface area (Å²) in [7, 11) is -4.71. The molecule has 3 rings (SSSR count). The fourth-order valence-corrected chi connectivity index (χ4v) is 2.83. The number of hydrogen-bond acceptors (Lipinski definition) is 8. The van der Waals surface area contributed by atoms with Crippen LogP contribution >= 0.6 is 7.82 Å². The zero-order valence-electron chi connectivity index (χ0n) is 11.6. The lowest BCUT2D eigenvalue weighted by molar-refractivity contribution is -0.0239. The molecule has 0 radical (unpaired) electrons. The van der Waals surface area contributed by atoms with Crippen molar-refractivity contribution in [2.45, 2.75) is 24.4 Å². The fraction of sp³-hybridized carbons (Fsp3) is 0.455. The third-order valence-electron chi connectivity index (χ3n) is 3.57. The van der Waals surface area contributed by atoms with Crippen molar-refractivity contribution in [2.75, 3.05) is 12.3 Å². The normalized spacial score (nSPS) is 28.5. The molecule has 6 N–H and O–H groups in total. The van der Waals surface area contributed by atoms with Crippen molar-refractivity contribution in [2.24, 2.45) is 0 Å². The minimum Gasteiger partial charge on any atom is -0.387 e. The third kappa shape index (κ3) is 3.08. The number of rotatable bonds is 4. The molecule has 0 saturated carbocycles. The molecule has 1 aliphatic heterocycles. The Morgan fingerprint density at radius 2 is 2.09 bits per heavy atom. The van der Waals surface area contributed by atoms with Gasteiger partial charge >= 0.3 is 7.82 Å². The Balaban J connectivity index is 1.85. The summed E-state index contributed by atoms with van der Waals surface area (Å²) in [4.78, 5) is 21.3. The first-order valence-electron chi connectivity index (χ1n) is 6.58. The van der Waals surface area contributed by atoms with Crippen LogP contribution < -0.4 is 5.73 Å². The lowest BCUT2D eigenvalue weighted by Gasteiger charge is -2.14. The average molecular weight is 346 g/mol. The molecule has 1 aliphatic rings. The molecule has 4 atom stereocenters. The molecular formula is C11H15N4O7P. The number of fused-ring (bicyclic) bond motifs is 1. The van der Waals surface area contributed by atoms with Crippen LogP contribution in [-0.2, 0) is 13.8 Å². The Bertz CT molecular complexity index is 762. The van der Waals surface area contributed by atoms with E-state index in [-0.39, 0.29) is 5.82 Å². The highest BCUT2D eigenvalue weighted by Crippen LogP contribution is 2.39. The molecule has 12 heteroatoms. The third-order valence-corrected chi connectivity index (χ3v) is 4.06. The van der Waals surface area contributed by atoms with Crippen molar-refractivity contribution in [3.63, 3.8) is 0 Å². The molecule has 0 amide bonds. The summed E-state index contributed by atoms with van der Waals surface area (Å²) >= 11 is 0. The van der Waals surface area contributed by atoms with Gasteiger partial charge in [0.1, 0.15) is 36.3 Å². The second kappa shape index (κ2) is 5.80. The van der Waals surface area contributed by atoms with Crippen molar-refractivity contribution in [1.29, 1.82) is 0 Å². The molecular weight excluding hydrogens is 331 g/mol. The van der Waals surface area contributed by atoms with Crippen molar-refractivity contribution >= 4 is 19.2 Å². The zero-order valence-corrected chi connectivity index (χ0v) is 12.5. The summed E-state index contributed by atoms with van der Waals surface area (Å²) < 4.78 is 22.0. The highest BCUT2D eigenvalue weighted by atomic mass is 31.2. The summed E-state index contributed by atoms with van der Waals surface area (Å²) in [5, 5.41) is 24.1. The van der Waals surface area contributed by atoms with Crippen LogP contribution in [0.1, 0.15) is 11.8 Å². The summed E-state index contributed by atoms with van der Waals surface area (Å²) in [6.07, 6.45) is -3.54. The number of phosphoric acid groups is 1. The van der Waals surface area contributed by atoms with Gasteiger partial charge in [-0.25, -0.2) is 14.1 Å². The number of nitrogens with two attached hydrogens (primary N) is 1. The number of hydrogen-bond donors (Lipinski definition) is 5. The molecule has 0 spiro atoms. The van der Waals surface area contributed by atoms with Crippen molar-refractivity contribution in [3.8, 4) is 0 Å². The van der Waals surface area contributed by atoms with Gasteiger partial charge in [-0.2, -0.15) is 5.10 Å². The molecule has 23 heavy (non-hydrogen) atoms. The largest absolute Gasteiger partial charge is 0.469 e. The first-order chi connectivity index (χ1) is 10.8. The van der Waals surface area contributed by atoms with Crippen LogP contribution in [0.4, 0.5) is 5.82 Å². The van der Waals surface area contributed by atoms with E-state index in [0.717, 1.165) is 0 Å². The Morgan fingerprint density at radius 1 is 1.35 bits per heavy atom. The first kappa shape index (κ1) is 16.3. The number of aliphatic hydroxyl groups excluding tert-OH is 2. The van der Waals surface area contributed by atoms with Gasteiger partial charge in [-0.3, -0.25) is 4.52 Å². The molecule has 11 nitrogen and oxygen atoms in total. The topological polar surface area (TPSA) is 173 Å². The molecule has 0 bridgehead atoms. The first-order valence-corrected chi connectivity index (χ1v) is 8.11. The van der Waals surface area contributed by atoms with Crippen molar-refractivity contribution in [3.05, 3.63) is 24.2 Å². The van der Waals surface area contributed by atoms with Crippen LogP contribution in [-0.4, -0.2) is 59.5 Å². The maximum atomic E-state index is 10.7. The molecule has 126 valence electrons. The van der Waals surface area contributed by atoms with Gasteiger partial charge < -0.3 is 30.5 Å². The average Bonchev–Trinajstić information content (AvgIpc) is 3.01. The fourth-order valence-electron chi connectivity index (χ4n) is 2.49. The minimum absolute atomic E-state index is 0.237. The summed E-state index contributed by atoms with van der Waals surface area (Å²) in [6.45, 7) is -0.570. The maximum absolute atomic E-state index is 10.7. The number of phosphoric ester groups is 1. The molecule has 1 fully saturated rings. The van der Waals surface area contributed by atoms with Gasteiger partial charge in [0.25, 0.3) is 0 Å². The van der Waals surface area contributed by atoms with Crippen LogP contribution in [0.15, 0.2) is 18.5 Å². The minimum atomic E-state index is -4.71. The molecule has 1 saturated heterocycles. The van der Waals surface area contributed by atoms with E-state index in [1.807, 2.05) is 0 Å². The van der Waals surface area contributed by atoms with Crippen LogP contribution in [0.25, 0.3) is 5.52 Å². The quantitative estimate of drug-likeness (QED) is 0.414. The second-order valence-corrected chi connectivity index (χ2v) is 6.30. The Hall–Kier alpha value is -1.59. The van der Waals surface area contributed by atoms with Gasteiger partial charge in [-0.05, 0) is 12.1 Å². The van der Waals surface area contributed by atoms with Crippen LogP contribution in [0, 0.1) is 0 Å². The second-order valence-electron chi connectivity index (χ2n) is 5.06. The number of anilines is 1. The standard InChI is InChI=1S/C11H15N4O7P/c12-11-6-2-1-5(15(6)14-4-13-11)10-9(17)8(16)7(22-10)3-21-23(18,19)20/h1-2,4,7-10,16-17H,3H2,(H2,12,13,14)(H2,18,19,20)/t7-,8-,9-,10+/m1/s1. The molecule has 0 aromatic carbocycles. The molecule has 2 aromatic rings. The van der Waals surface area contributed by atoms with E-state index in [2.05, 4.69) is 14.6 Å². The smallest absolute Gasteiger partial charge is 0.387 e. The van der Waals surface area contributed by atoms with Crippen molar-refractivity contribution in [1.82, 2.24) is 14.6 Å². The van der Waals surface area contributed by atoms with Gasteiger partial charge in [0.2, 0.25) is 0 Å². The lowest BCUT2D eigenvalue weighted by atomic mass is 10.1. The zero-order chi connectivity index (χ0) is 16.8. The number of aliphatic hydroxyl groups is 2. The van der Waals surface area contributed by atoms with E-state index in [1.165, 1.54) is 10.8 Å². The number of nitrogens with zero attached hydrogens (tertiary/aromatic N) is 3. The highest BCUT2D eigenvalue weighted by Gasteiger charge is 2.45. The number of nitrogen functional groups attached to an aromatic ring is 1. The highest BCUT2D eigenvalue weighted by molar-refractivity contribution is 7.46. The van der Waals surface area contributed by atoms with Gasteiger partial charge in [0, 0.05) is 0 Å². The van der Waals surface area contributed by atoms with Gasteiger partial charge in [0.05, 0.1) is 12.3 Å². The number of ether oxygens (including phenoxy) is 1. The van der Waals surface area contributed by atoms with Crippen LogP contribution in [0.5, 0.6) is 0 Å². The van der Waals surface area contributed by atoms with E-state index < -0.39 is 38.8 Å². The molecule has 2 aromatic heterocycles. The molecule has 3 heterocycles. The SMILES string of the molecule is Nc1ncnn2c([C@@H]3O[C@H](COP(=O)(O)O)[C@@H](O)[C@H]3O)ccc12. The summed E-state index contributed by atoms with van der Waals surface area (Å²) in [5.74, 6) is 0.237. The maximum Gasteiger partial charge on any atom is 0.469 e. The predicted molar refractivity (Wildman–Crippen MR) is 75.0 cm³/mol. The van der Waals surface area contributed by atoms with E-state index in [4.69, 9.17) is 20.3 Å². The summed E-state index contributed by atoms with van der Waals surface area (Å²) in [5.41, 5.74) is 6.64. The molecule has 0 unspecified atom stereocenters. The summed E-state index contributed by atoms with van der Waals surface area (Å²) in [6, 6.07) is 3.24. The number of aromatic nitrogens is 3. The van der Waals surface area contributed by atoms with Crippen molar-refractivity contribution < 1.29 is 33.8 Å². The molecule has 0 aliphatic carbocycles. The monoisotopic (exact) mass is 346 g/mol. The Kier molecular flexibility index (Phi) is 4.10. The van der Waals surface area contributed by atoms with E-state index >= 15 is 0 Å². The Morgan fingerprint density at radius 3 is 2.78 bits per heavy atom. The van der Waals surface area contributed by atoms with Gasteiger partial charge in [-0.15, -0.1) is 0 Å². The predicted octanol–water partition coefficient (Wildman–Crippen LogP) is -1.42. The van der Waals surface area contributed by atoms with E-state index in [0.29, 0.717) is 11.2 Å². The van der Waals surface area contributed by atoms with E-state index in [9.17, 15) is 14.8 Å². The van der Waals surface area contributed by atoms with Gasteiger partial charge in [0.15, 0.2) is 5.82 Å². The lowest BCUT2D eigenvalue weighted by Crippen LogP contribution is -2.33.